The molecule has 6 heteroatoms. The van der Waals surface area contributed by atoms with Crippen molar-refractivity contribution in [1.82, 2.24) is 5.32 Å². The Bertz CT molecular complexity index is 456. The van der Waals surface area contributed by atoms with Gasteiger partial charge >= 0.3 is 0 Å². The second kappa shape index (κ2) is 8.56. The fourth-order valence-electron chi connectivity index (χ4n) is 1.71. The molecule has 2 N–H and O–H groups in total. The van der Waals surface area contributed by atoms with Gasteiger partial charge in [-0.05, 0) is 25.0 Å². The molecule has 21 heavy (non-hydrogen) atoms. The number of carbonyl (C=O) groups is 1. The van der Waals surface area contributed by atoms with E-state index in [1.165, 1.54) is 0 Å². The Hall–Kier alpha value is -1.69. The summed E-state index contributed by atoms with van der Waals surface area (Å²) in [6.07, 6.45) is 0. The van der Waals surface area contributed by atoms with Crippen LogP contribution in [0.15, 0.2) is 12.1 Å². The van der Waals surface area contributed by atoms with Crippen LogP contribution in [0.1, 0.15) is 31.1 Å². The van der Waals surface area contributed by atoms with Gasteiger partial charge in [-0.2, -0.15) is 0 Å². The lowest BCUT2D eigenvalue weighted by atomic mass is 10.1. The zero-order valence-corrected chi connectivity index (χ0v) is 12.6. The molecule has 0 fully saturated rings. The second-order valence-corrected chi connectivity index (χ2v) is 5.07. The van der Waals surface area contributed by atoms with E-state index >= 15 is 0 Å². The SMILES string of the molecule is CCNc1c(F)cc(C(=O)NCCOCC(C)C)cc1F. The Kier molecular flexibility index (Phi) is 7.08. The van der Waals surface area contributed by atoms with E-state index in [1.54, 1.807) is 6.92 Å². The fraction of sp³-hybridized carbons (Fsp3) is 0.533. The standard InChI is InChI=1S/C15H22F2N2O2/c1-4-18-14-12(16)7-11(8-13(14)17)15(20)19-5-6-21-9-10(2)3/h7-8,10,18H,4-6,9H2,1-3H3,(H,19,20). The van der Waals surface area contributed by atoms with Crippen LogP contribution in [-0.4, -0.2) is 32.2 Å². The molecule has 1 rings (SSSR count). The zero-order chi connectivity index (χ0) is 15.8. The number of hydrogen-bond donors (Lipinski definition) is 2. The molecule has 1 aromatic carbocycles. The van der Waals surface area contributed by atoms with Gasteiger partial charge in [0.05, 0.1) is 6.61 Å². The number of rotatable bonds is 8. The van der Waals surface area contributed by atoms with Gasteiger partial charge in [-0.25, -0.2) is 8.78 Å². The first-order valence-electron chi connectivity index (χ1n) is 7.04. The van der Waals surface area contributed by atoms with Crippen LogP contribution < -0.4 is 10.6 Å². The van der Waals surface area contributed by atoms with Crippen LogP contribution in [0.4, 0.5) is 14.5 Å². The lowest BCUT2D eigenvalue weighted by molar-refractivity contribution is 0.0885. The summed E-state index contributed by atoms with van der Waals surface area (Å²) >= 11 is 0. The molecule has 4 nitrogen and oxygen atoms in total. The average Bonchev–Trinajstić information content (AvgIpc) is 2.41. The smallest absolute Gasteiger partial charge is 0.251 e. The van der Waals surface area contributed by atoms with Gasteiger partial charge in [-0.1, -0.05) is 13.8 Å². The minimum Gasteiger partial charge on any atom is -0.381 e. The summed E-state index contributed by atoms with van der Waals surface area (Å²) in [5.74, 6) is -1.66. The number of nitrogens with one attached hydrogen (secondary N) is 2. The number of hydrogen-bond acceptors (Lipinski definition) is 3. The van der Waals surface area contributed by atoms with Crippen LogP contribution in [-0.2, 0) is 4.74 Å². The maximum absolute atomic E-state index is 13.7. The van der Waals surface area contributed by atoms with Gasteiger partial charge in [0, 0.05) is 25.3 Å². The van der Waals surface area contributed by atoms with E-state index in [0.717, 1.165) is 12.1 Å². The number of anilines is 1. The Morgan fingerprint density at radius 2 is 1.90 bits per heavy atom. The minimum atomic E-state index is -0.780. The molecule has 0 radical (unpaired) electrons. The Morgan fingerprint density at radius 1 is 1.29 bits per heavy atom. The molecule has 0 aliphatic rings. The molecular formula is C15H22F2N2O2. The summed E-state index contributed by atoms with van der Waals surface area (Å²) < 4.78 is 32.7. The third kappa shape index (κ3) is 5.67. The molecule has 118 valence electrons. The molecule has 0 spiro atoms. The average molecular weight is 300 g/mol. The number of benzene rings is 1. The summed E-state index contributed by atoms with van der Waals surface area (Å²) in [4.78, 5) is 11.8. The zero-order valence-electron chi connectivity index (χ0n) is 12.6. The number of ether oxygens (including phenoxy) is 1. The van der Waals surface area contributed by atoms with E-state index in [4.69, 9.17) is 4.74 Å². The Balaban J connectivity index is 2.55. The van der Waals surface area contributed by atoms with Gasteiger partial charge in [0.25, 0.3) is 5.91 Å². The normalized spacial score (nSPS) is 10.8. The predicted octanol–water partition coefficient (Wildman–Crippen LogP) is 2.80. The highest BCUT2D eigenvalue weighted by Gasteiger charge is 2.14. The third-order valence-corrected chi connectivity index (χ3v) is 2.64. The van der Waals surface area contributed by atoms with Crippen LogP contribution in [0.2, 0.25) is 0 Å². The van der Waals surface area contributed by atoms with E-state index in [1.807, 2.05) is 13.8 Å². The van der Waals surface area contributed by atoms with Crippen molar-refractivity contribution in [3.05, 3.63) is 29.3 Å². The fourth-order valence-corrected chi connectivity index (χ4v) is 1.71. The Morgan fingerprint density at radius 3 is 2.43 bits per heavy atom. The Labute approximate surface area is 123 Å². The molecule has 0 bridgehead atoms. The highest BCUT2D eigenvalue weighted by molar-refractivity contribution is 5.94. The molecule has 0 heterocycles. The maximum Gasteiger partial charge on any atom is 0.251 e. The van der Waals surface area contributed by atoms with Crippen molar-refractivity contribution in [2.45, 2.75) is 20.8 Å². The van der Waals surface area contributed by atoms with E-state index < -0.39 is 17.5 Å². The van der Waals surface area contributed by atoms with Gasteiger partial charge < -0.3 is 15.4 Å². The first-order chi connectivity index (χ1) is 9.95. The predicted molar refractivity (Wildman–Crippen MR) is 78.5 cm³/mol. The van der Waals surface area contributed by atoms with E-state index in [-0.39, 0.29) is 11.3 Å². The van der Waals surface area contributed by atoms with Gasteiger partial charge in [0.2, 0.25) is 0 Å². The van der Waals surface area contributed by atoms with Crippen LogP contribution in [0.5, 0.6) is 0 Å². The van der Waals surface area contributed by atoms with E-state index in [2.05, 4.69) is 10.6 Å². The van der Waals surface area contributed by atoms with Crippen molar-refractivity contribution in [1.29, 1.82) is 0 Å². The number of amides is 1. The van der Waals surface area contributed by atoms with Crippen LogP contribution in [0, 0.1) is 17.6 Å². The van der Waals surface area contributed by atoms with Crippen molar-refractivity contribution < 1.29 is 18.3 Å². The van der Waals surface area contributed by atoms with Crippen molar-refractivity contribution in [2.75, 3.05) is 31.6 Å². The quantitative estimate of drug-likeness (QED) is 0.726. The van der Waals surface area contributed by atoms with Gasteiger partial charge in [-0.3, -0.25) is 4.79 Å². The van der Waals surface area contributed by atoms with Crippen molar-refractivity contribution in [3.8, 4) is 0 Å². The maximum atomic E-state index is 13.7. The highest BCUT2D eigenvalue weighted by Crippen LogP contribution is 2.20. The first kappa shape index (κ1) is 17.4. The summed E-state index contributed by atoms with van der Waals surface area (Å²) in [6, 6.07) is 2.04. The topological polar surface area (TPSA) is 50.4 Å². The van der Waals surface area contributed by atoms with Crippen LogP contribution >= 0.6 is 0 Å². The summed E-state index contributed by atoms with van der Waals surface area (Å²) in [7, 11) is 0. The lowest BCUT2D eigenvalue weighted by Gasteiger charge is -2.10. The molecule has 0 aromatic heterocycles. The summed E-state index contributed by atoms with van der Waals surface area (Å²) in [5.41, 5.74) is -0.259. The monoisotopic (exact) mass is 300 g/mol. The van der Waals surface area contributed by atoms with Crippen molar-refractivity contribution >= 4 is 11.6 Å². The number of carbonyl (C=O) groups excluding carboxylic acids is 1. The molecule has 0 aliphatic carbocycles. The van der Waals surface area contributed by atoms with Crippen molar-refractivity contribution in [2.24, 2.45) is 5.92 Å². The number of halogens is 2. The lowest BCUT2D eigenvalue weighted by Crippen LogP contribution is -2.28. The van der Waals surface area contributed by atoms with Gasteiger partial charge in [0.15, 0.2) is 0 Å². The van der Waals surface area contributed by atoms with Crippen LogP contribution in [0.25, 0.3) is 0 Å². The molecule has 0 saturated carbocycles. The molecule has 0 saturated heterocycles. The van der Waals surface area contributed by atoms with E-state index in [9.17, 15) is 13.6 Å². The first-order valence-corrected chi connectivity index (χ1v) is 7.04. The van der Waals surface area contributed by atoms with E-state index in [0.29, 0.717) is 32.2 Å². The minimum absolute atomic E-state index is 0.0458. The van der Waals surface area contributed by atoms with Crippen molar-refractivity contribution in [3.63, 3.8) is 0 Å². The summed E-state index contributed by atoms with van der Waals surface area (Å²) in [5, 5.41) is 5.14. The molecule has 0 aliphatic heterocycles. The molecule has 1 aromatic rings. The molecule has 0 unspecified atom stereocenters. The second-order valence-electron chi connectivity index (χ2n) is 5.07. The molecule has 1 amide bonds. The van der Waals surface area contributed by atoms with Gasteiger partial charge in [-0.15, -0.1) is 0 Å². The van der Waals surface area contributed by atoms with Gasteiger partial charge in [0.1, 0.15) is 17.3 Å². The largest absolute Gasteiger partial charge is 0.381 e. The highest BCUT2D eigenvalue weighted by atomic mass is 19.1. The summed E-state index contributed by atoms with van der Waals surface area (Å²) in [6.45, 7) is 7.44. The third-order valence-electron chi connectivity index (χ3n) is 2.64. The van der Waals surface area contributed by atoms with Crippen LogP contribution in [0.3, 0.4) is 0 Å². The molecule has 0 atom stereocenters. The molecular weight excluding hydrogens is 278 g/mol.